The SMILES string of the molecule is CCC(C)CNc1nc(C(=O)O)cs1. The summed E-state index contributed by atoms with van der Waals surface area (Å²) in [6.45, 7) is 5.10. The van der Waals surface area contributed by atoms with Gasteiger partial charge < -0.3 is 10.4 Å². The second-order valence-electron chi connectivity index (χ2n) is 3.24. The molecule has 1 atom stereocenters. The minimum Gasteiger partial charge on any atom is -0.476 e. The maximum Gasteiger partial charge on any atom is 0.355 e. The van der Waals surface area contributed by atoms with Gasteiger partial charge in [-0.15, -0.1) is 11.3 Å². The number of nitrogens with one attached hydrogen (secondary N) is 1. The lowest BCUT2D eigenvalue weighted by atomic mass is 10.1. The van der Waals surface area contributed by atoms with Gasteiger partial charge in [-0.2, -0.15) is 0 Å². The van der Waals surface area contributed by atoms with E-state index in [-0.39, 0.29) is 5.69 Å². The van der Waals surface area contributed by atoms with Gasteiger partial charge in [-0.25, -0.2) is 9.78 Å². The van der Waals surface area contributed by atoms with Crippen LogP contribution in [0, 0.1) is 5.92 Å². The van der Waals surface area contributed by atoms with Crippen molar-refractivity contribution in [3.8, 4) is 0 Å². The van der Waals surface area contributed by atoms with Crippen LogP contribution in [0.3, 0.4) is 0 Å². The van der Waals surface area contributed by atoms with E-state index < -0.39 is 5.97 Å². The Hall–Kier alpha value is -1.10. The summed E-state index contributed by atoms with van der Waals surface area (Å²) >= 11 is 1.33. The Balaban J connectivity index is 2.48. The van der Waals surface area contributed by atoms with Crippen molar-refractivity contribution in [3.63, 3.8) is 0 Å². The normalized spacial score (nSPS) is 12.4. The Kier molecular flexibility index (Phi) is 3.88. The van der Waals surface area contributed by atoms with Crippen LogP contribution in [0.2, 0.25) is 0 Å². The van der Waals surface area contributed by atoms with Crippen molar-refractivity contribution in [2.45, 2.75) is 20.3 Å². The third-order valence-electron chi connectivity index (χ3n) is 2.02. The van der Waals surface area contributed by atoms with Gasteiger partial charge in [-0.3, -0.25) is 0 Å². The van der Waals surface area contributed by atoms with E-state index in [9.17, 15) is 4.79 Å². The summed E-state index contributed by atoms with van der Waals surface area (Å²) in [6.07, 6.45) is 1.10. The van der Waals surface area contributed by atoms with E-state index in [0.29, 0.717) is 11.0 Å². The molecule has 1 aromatic rings. The Morgan fingerprint density at radius 3 is 3.00 bits per heavy atom. The number of nitrogens with zero attached hydrogens (tertiary/aromatic N) is 1. The first-order chi connectivity index (χ1) is 6.63. The number of hydrogen-bond donors (Lipinski definition) is 2. The monoisotopic (exact) mass is 214 g/mol. The highest BCUT2D eigenvalue weighted by molar-refractivity contribution is 7.13. The van der Waals surface area contributed by atoms with Crippen molar-refractivity contribution in [1.82, 2.24) is 4.98 Å². The van der Waals surface area contributed by atoms with Crippen molar-refractivity contribution in [3.05, 3.63) is 11.1 Å². The summed E-state index contributed by atoms with van der Waals surface area (Å²) in [6, 6.07) is 0. The van der Waals surface area contributed by atoms with Gasteiger partial charge in [0.25, 0.3) is 0 Å². The van der Waals surface area contributed by atoms with Gasteiger partial charge in [-0.05, 0) is 5.92 Å². The molecular formula is C9H14N2O2S. The van der Waals surface area contributed by atoms with Gasteiger partial charge >= 0.3 is 5.97 Å². The molecule has 0 aromatic carbocycles. The molecule has 0 radical (unpaired) electrons. The van der Waals surface area contributed by atoms with E-state index in [1.165, 1.54) is 11.3 Å². The first-order valence-electron chi connectivity index (χ1n) is 4.56. The molecule has 78 valence electrons. The van der Waals surface area contributed by atoms with Crippen LogP contribution in [-0.2, 0) is 0 Å². The van der Waals surface area contributed by atoms with Gasteiger partial charge in [0.1, 0.15) is 0 Å². The van der Waals surface area contributed by atoms with Crippen LogP contribution < -0.4 is 5.32 Å². The average molecular weight is 214 g/mol. The zero-order valence-corrected chi connectivity index (χ0v) is 9.10. The molecule has 2 N–H and O–H groups in total. The highest BCUT2D eigenvalue weighted by Crippen LogP contribution is 2.16. The summed E-state index contributed by atoms with van der Waals surface area (Å²) in [5.41, 5.74) is 0.113. The maximum atomic E-state index is 10.5. The van der Waals surface area contributed by atoms with Gasteiger partial charge in [0, 0.05) is 11.9 Å². The van der Waals surface area contributed by atoms with Crippen LogP contribution in [0.4, 0.5) is 5.13 Å². The number of thiazole rings is 1. The lowest BCUT2D eigenvalue weighted by Crippen LogP contribution is -2.10. The maximum absolute atomic E-state index is 10.5. The molecule has 0 bridgehead atoms. The molecule has 14 heavy (non-hydrogen) atoms. The van der Waals surface area contributed by atoms with Crippen LogP contribution in [0.5, 0.6) is 0 Å². The van der Waals surface area contributed by atoms with Crippen molar-refractivity contribution < 1.29 is 9.90 Å². The largest absolute Gasteiger partial charge is 0.476 e. The van der Waals surface area contributed by atoms with E-state index in [0.717, 1.165) is 13.0 Å². The van der Waals surface area contributed by atoms with Crippen molar-refractivity contribution in [2.75, 3.05) is 11.9 Å². The molecule has 1 aromatic heterocycles. The quantitative estimate of drug-likeness (QED) is 0.789. The number of carboxylic acid groups (broad SMARTS) is 1. The number of carboxylic acids is 1. The van der Waals surface area contributed by atoms with Crippen molar-refractivity contribution in [1.29, 1.82) is 0 Å². The molecule has 5 heteroatoms. The molecule has 1 rings (SSSR count). The minimum atomic E-state index is -0.974. The summed E-state index contributed by atoms with van der Waals surface area (Å²) in [4.78, 5) is 14.4. The smallest absolute Gasteiger partial charge is 0.355 e. The van der Waals surface area contributed by atoms with E-state index in [2.05, 4.69) is 24.1 Å². The van der Waals surface area contributed by atoms with Crippen LogP contribution in [0.25, 0.3) is 0 Å². The number of hydrogen-bond acceptors (Lipinski definition) is 4. The Morgan fingerprint density at radius 2 is 2.50 bits per heavy atom. The average Bonchev–Trinajstić information content (AvgIpc) is 2.62. The topological polar surface area (TPSA) is 62.2 Å². The molecule has 0 amide bonds. The number of aromatic nitrogens is 1. The number of aromatic carboxylic acids is 1. The zero-order chi connectivity index (χ0) is 10.6. The first kappa shape index (κ1) is 11.0. The fourth-order valence-electron chi connectivity index (χ4n) is 0.859. The van der Waals surface area contributed by atoms with Gasteiger partial charge in [0.2, 0.25) is 0 Å². The zero-order valence-electron chi connectivity index (χ0n) is 8.28. The second-order valence-corrected chi connectivity index (χ2v) is 4.10. The highest BCUT2D eigenvalue weighted by atomic mass is 32.1. The standard InChI is InChI=1S/C9H14N2O2S/c1-3-6(2)4-10-9-11-7(5-14-9)8(12)13/h5-6H,3-4H2,1-2H3,(H,10,11)(H,12,13). The molecule has 0 spiro atoms. The molecule has 0 fully saturated rings. The molecule has 4 nitrogen and oxygen atoms in total. The Bertz CT molecular complexity index is 312. The predicted octanol–water partition coefficient (Wildman–Crippen LogP) is 2.30. The number of anilines is 1. The summed E-state index contributed by atoms with van der Waals surface area (Å²) in [5, 5.41) is 14.0. The van der Waals surface area contributed by atoms with Gasteiger partial charge in [-0.1, -0.05) is 20.3 Å². The van der Waals surface area contributed by atoms with E-state index in [1.807, 2.05) is 0 Å². The molecule has 0 aliphatic heterocycles. The minimum absolute atomic E-state index is 0.113. The molecule has 0 saturated heterocycles. The molecule has 1 unspecified atom stereocenters. The van der Waals surface area contributed by atoms with Crippen LogP contribution in [-0.4, -0.2) is 22.6 Å². The van der Waals surface area contributed by atoms with Crippen molar-refractivity contribution >= 4 is 22.4 Å². The third kappa shape index (κ3) is 2.99. The molecular weight excluding hydrogens is 200 g/mol. The van der Waals surface area contributed by atoms with E-state index in [4.69, 9.17) is 5.11 Å². The lowest BCUT2D eigenvalue weighted by Gasteiger charge is -2.07. The van der Waals surface area contributed by atoms with Crippen molar-refractivity contribution in [2.24, 2.45) is 5.92 Å². The lowest BCUT2D eigenvalue weighted by molar-refractivity contribution is 0.0691. The number of rotatable bonds is 5. The molecule has 1 heterocycles. The highest BCUT2D eigenvalue weighted by Gasteiger charge is 2.08. The third-order valence-corrected chi connectivity index (χ3v) is 2.82. The Morgan fingerprint density at radius 1 is 1.79 bits per heavy atom. The predicted molar refractivity (Wildman–Crippen MR) is 57.0 cm³/mol. The molecule has 0 saturated carbocycles. The summed E-state index contributed by atoms with van der Waals surface area (Å²) in [5.74, 6) is -0.398. The fourth-order valence-corrected chi connectivity index (χ4v) is 1.55. The van der Waals surface area contributed by atoms with Crippen LogP contribution in [0.15, 0.2) is 5.38 Å². The molecule has 0 aliphatic rings. The van der Waals surface area contributed by atoms with E-state index >= 15 is 0 Å². The van der Waals surface area contributed by atoms with Gasteiger partial charge in [0.15, 0.2) is 10.8 Å². The van der Waals surface area contributed by atoms with E-state index in [1.54, 1.807) is 5.38 Å². The summed E-state index contributed by atoms with van der Waals surface area (Å²) < 4.78 is 0. The molecule has 0 aliphatic carbocycles. The number of carbonyl (C=O) groups is 1. The summed E-state index contributed by atoms with van der Waals surface area (Å²) in [7, 11) is 0. The van der Waals surface area contributed by atoms with Crippen LogP contribution >= 0.6 is 11.3 Å². The first-order valence-corrected chi connectivity index (χ1v) is 5.44. The van der Waals surface area contributed by atoms with Crippen LogP contribution in [0.1, 0.15) is 30.8 Å². The Labute approximate surface area is 87.0 Å². The fraction of sp³-hybridized carbons (Fsp3) is 0.556. The van der Waals surface area contributed by atoms with Gasteiger partial charge in [0.05, 0.1) is 0 Å². The second kappa shape index (κ2) is 4.95.